The second-order valence-corrected chi connectivity index (χ2v) is 6.03. The summed E-state index contributed by atoms with van der Waals surface area (Å²) in [7, 11) is 0. The minimum atomic E-state index is 0.422. The molecule has 1 heterocycles. The molecule has 4 heteroatoms. The fraction of sp³-hybridized carbons (Fsp3) is 0.462. The van der Waals surface area contributed by atoms with Crippen molar-refractivity contribution in [2.75, 3.05) is 11.1 Å². The SMILES string of the molecule is Cc1cccc(Cl)c1NC1=N[C@@H](C(C)C)CS1. The lowest BCUT2D eigenvalue weighted by Gasteiger charge is -2.10. The molecule has 0 saturated heterocycles. The van der Waals surface area contributed by atoms with Gasteiger partial charge >= 0.3 is 0 Å². The first kappa shape index (κ1) is 12.8. The van der Waals surface area contributed by atoms with Crippen molar-refractivity contribution in [1.29, 1.82) is 0 Å². The first-order valence-electron chi connectivity index (χ1n) is 5.80. The highest BCUT2D eigenvalue weighted by atomic mass is 35.5. The Morgan fingerprint density at radius 3 is 2.82 bits per heavy atom. The molecule has 1 aliphatic heterocycles. The molecule has 0 amide bonds. The van der Waals surface area contributed by atoms with Crippen LogP contribution in [-0.4, -0.2) is 17.0 Å². The van der Waals surface area contributed by atoms with Crippen LogP contribution in [0.4, 0.5) is 5.69 Å². The van der Waals surface area contributed by atoms with Crippen molar-refractivity contribution in [2.24, 2.45) is 10.9 Å². The van der Waals surface area contributed by atoms with Crippen molar-refractivity contribution in [1.82, 2.24) is 0 Å². The van der Waals surface area contributed by atoms with Crippen molar-refractivity contribution in [2.45, 2.75) is 26.8 Å². The van der Waals surface area contributed by atoms with Gasteiger partial charge in [-0.3, -0.25) is 4.99 Å². The Balaban J connectivity index is 2.15. The van der Waals surface area contributed by atoms with E-state index in [1.807, 2.05) is 25.1 Å². The zero-order valence-corrected chi connectivity index (χ0v) is 11.9. The van der Waals surface area contributed by atoms with E-state index in [9.17, 15) is 0 Å². The normalized spacial score (nSPS) is 19.6. The molecule has 0 fully saturated rings. The number of thioether (sulfide) groups is 1. The number of halogens is 1. The van der Waals surface area contributed by atoms with Crippen molar-refractivity contribution in [3.8, 4) is 0 Å². The summed E-state index contributed by atoms with van der Waals surface area (Å²) < 4.78 is 0. The average molecular weight is 269 g/mol. The third-order valence-corrected chi connectivity index (χ3v) is 4.20. The summed E-state index contributed by atoms with van der Waals surface area (Å²) >= 11 is 7.95. The predicted octanol–water partition coefficient (Wildman–Crippen LogP) is 4.19. The van der Waals surface area contributed by atoms with Crippen molar-refractivity contribution >= 4 is 34.2 Å². The molecule has 1 atom stereocenters. The van der Waals surface area contributed by atoms with E-state index in [1.54, 1.807) is 11.8 Å². The molecular weight excluding hydrogens is 252 g/mol. The lowest BCUT2D eigenvalue weighted by Crippen LogP contribution is -2.12. The number of aliphatic imine (C=N–C) groups is 1. The molecule has 0 bridgehead atoms. The highest BCUT2D eigenvalue weighted by molar-refractivity contribution is 8.14. The van der Waals surface area contributed by atoms with Crippen LogP contribution >= 0.6 is 23.4 Å². The number of aryl methyl sites for hydroxylation is 1. The second-order valence-electron chi connectivity index (χ2n) is 4.61. The lowest BCUT2D eigenvalue weighted by atomic mass is 10.1. The second kappa shape index (κ2) is 5.32. The fourth-order valence-electron chi connectivity index (χ4n) is 1.70. The number of benzene rings is 1. The Kier molecular flexibility index (Phi) is 4.00. The van der Waals surface area contributed by atoms with Gasteiger partial charge < -0.3 is 5.32 Å². The highest BCUT2D eigenvalue weighted by Gasteiger charge is 2.21. The maximum Gasteiger partial charge on any atom is 0.161 e. The van der Waals surface area contributed by atoms with Crippen molar-refractivity contribution < 1.29 is 0 Å². The molecule has 17 heavy (non-hydrogen) atoms. The zero-order chi connectivity index (χ0) is 12.4. The molecule has 2 rings (SSSR count). The maximum absolute atomic E-state index is 6.18. The minimum absolute atomic E-state index is 0.422. The number of nitrogens with zero attached hydrogens (tertiary/aromatic N) is 1. The first-order valence-corrected chi connectivity index (χ1v) is 7.17. The molecule has 2 nitrogen and oxygen atoms in total. The van der Waals surface area contributed by atoms with E-state index in [-0.39, 0.29) is 0 Å². The van der Waals surface area contributed by atoms with Crippen LogP contribution in [0.5, 0.6) is 0 Å². The van der Waals surface area contributed by atoms with E-state index >= 15 is 0 Å². The molecule has 1 aromatic rings. The average Bonchev–Trinajstić information content (AvgIpc) is 2.72. The van der Waals surface area contributed by atoms with Crippen molar-refractivity contribution in [3.63, 3.8) is 0 Å². The van der Waals surface area contributed by atoms with Gasteiger partial charge in [0.1, 0.15) is 0 Å². The van der Waals surface area contributed by atoms with E-state index in [0.29, 0.717) is 12.0 Å². The Morgan fingerprint density at radius 2 is 2.24 bits per heavy atom. The van der Waals surface area contributed by atoms with Gasteiger partial charge in [0.05, 0.1) is 16.8 Å². The standard InChI is InChI=1S/C13H17ClN2S/c1-8(2)11-7-17-13(15-11)16-12-9(3)5-4-6-10(12)14/h4-6,8,11H,7H2,1-3H3,(H,15,16)/t11-/m1/s1. The highest BCUT2D eigenvalue weighted by Crippen LogP contribution is 2.29. The lowest BCUT2D eigenvalue weighted by molar-refractivity contribution is 0.543. The molecule has 92 valence electrons. The topological polar surface area (TPSA) is 24.4 Å². The molecule has 0 unspecified atom stereocenters. The summed E-state index contributed by atoms with van der Waals surface area (Å²) in [5, 5.41) is 5.08. The van der Waals surface area contributed by atoms with E-state index in [2.05, 4.69) is 24.2 Å². The maximum atomic E-state index is 6.18. The Morgan fingerprint density at radius 1 is 1.47 bits per heavy atom. The van der Waals surface area contributed by atoms with Gasteiger partial charge in [-0.2, -0.15) is 0 Å². The van der Waals surface area contributed by atoms with Gasteiger partial charge in [-0.25, -0.2) is 0 Å². The van der Waals surface area contributed by atoms with Crippen LogP contribution in [0, 0.1) is 12.8 Å². The summed E-state index contributed by atoms with van der Waals surface area (Å²) in [6.45, 7) is 6.46. The van der Waals surface area contributed by atoms with Crippen LogP contribution in [-0.2, 0) is 0 Å². The van der Waals surface area contributed by atoms with Crippen LogP contribution in [0.15, 0.2) is 23.2 Å². The first-order chi connectivity index (χ1) is 8.08. The third kappa shape index (κ3) is 2.96. The fourth-order valence-corrected chi connectivity index (χ4v) is 3.14. The Hall–Kier alpha value is -0.670. The summed E-state index contributed by atoms with van der Waals surface area (Å²) in [5.74, 6) is 1.65. The molecule has 1 aliphatic rings. The van der Waals surface area contributed by atoms with Gasteiger partial charge in [-0.15, -0.1) is 0 Å². The zero-order valence-electron chi connectivity index (χ0n) is 10.3. The molecule has 0 radical (unpaired) electrons. The summed E-state index contributed by atoms with van der Waals surface area (Å²) in [6, 6.07) is 6.33. The monoisotopic (exact) mass is 268 g/mol. The van der Waals surface area contributed by atoms with Crippen LogP contribution < -0.4 is 5.32 Å². The number of anilines is 1. The van der Waals surface area contributed by atoms with E-state index in [1.165, 1.54) is 0 Å². The van der Waals surface area contributed by atoms with Gasteiger partial charge in [-0.1, -0.05) is 49.3 Å². The number of hydrogen-bond acceptors (Lipinski definition) is 3. The molecule has 1 N–H and O–H groups in total. The van der Waals surface area contributed by atoms with E-state index < -0.39 is 0 Å². The molecular formula is C13H17ClN2S. The summed E-state index contributed by atoms with van der Waals surface area (Å²) in [4.78, 5) is 4.67. The number of rotatable bonds is 2. The van der Waals surface area contributed by atoms with Crippen molar-refractivity contribution in [3.05, 3.63) is 28.8 Å². The largest absolute Gasteiger partial charge is 0.334 e. The molecule has 1 aromatic carbocycles. The number of para-hydroxylation sites is 1. The summed E-state index contributed by atoms with van der Waals surface area (Å²) in [5.41, 5.74) is 2.12. The van der Waals surface area contributed by atoms with Crippen LogP contribution in [0.1, 0.15) is 19.4 Å². The third-order valence-electron chi connectivity index (χ3n) is 2.90. The number of amidine groups is 1. The van der Waals surface area contributed by atoms with Crippen LogP contribution in [0.3, 0.4) is 0 Å². The van der Waals surface area contributed by atoms with Gasteiger partial charge in [0.15, 0.2) is 5.17 Å². The Bertz CT molecular complexity index is 423. The Labute approximate surface area is 112 Å². The summed E-state index contributed by atoms with van der Waals surface area (Å²) in [6.07, 6.45) is 0. The van der Waals surface area contributed by atoms with E-state index in [4.69, 9.17) is 11.6 Å². The van der Waals surface area contributed by atoms with Crippen LogP contribution in [0.25, 0.3) is 0 Å². The quantitative estimate of drug-likeness (QED) is 0.870. The molecule has 0 aliphatic carbocycles. The van der Waals surface area contributed by atoms with Gasteiger partial charge in [-0.05, 0) is 24.5 Å². The number of nitrogens with one attached hydrogen (secondary N) is 1. The number of hydrogen-bond donors (Lipinski definition) is 1. The molecule has 0 spiro atoms. The van der Waals surface area contributed by atoms with Crippen LogP contribution in [0.2, 0.25) is 5.02 Å². The van der Waals surface area contributed by atoms with E-state index in [0.717, 1.165) is 27.2 Å². The molecule has 0 aromatic heterocycles. The molecule has 0 saturated carbocycles. The smallest absolute Gasteiger partial charge is 0.161 e. The minimum Gasteiger partial charge on any atom is -0.334 e. The predicted molar refractivity (Wildman–Crippen MR) is 78.3 cm³/mol. The van der Waals surface area contributed by atoms with Gasteiger partial charge in [0.25, 0.3) is 0 Å². The van der Waals surface area contributed by atoms with Gasteiger partial charge in [0, 0.05) is 5.75 Å². The van der Waals surface area contributed by atoms with Gasteiger partial charge in [0.2, 0.25) is 0 Å².